The number of allylic oxidation sites excluding steroid dienone is 13. The predicted octanol–water partition coefficient (Wildman–Crippen LogP) is 16.0. The monoisotopic (exact) mass is 985 g/mol. The number of likely N-dealkylation sites (N-methyl/N-ethyl adjacent to an activating group) is 1. The number of phosphoric acid groups is 1. The normalized spacial score (nSPS) is 14.5. The Bertz CT molecular complexity index is 1460. The fourth-order valence-electron chi connectivity index (χ4n) is 7.55. The largest absolute Gasteiger partial charge is 0.756 e. The average Bonchev–Trinajstić information content (AvgIpc) is 3.31. The molecule has 9 nitrogen and oxygen atoms in total. The Balaban J connectivity index is 5.47. The zero-order valence-electron chi connectivity index (χ0n) is 45.2. The summed E-state index contributed by atoms with van der Waals surface area (Å²) in [6, 6.07) is -0.911. The van der Waals surface area contributed by atoms with E-state index in [1.807, 2.05) is 33.3 Å². The summed E-state index contributed by atoms with van der Waals surface area (Å²) >= 11 is 0. The number of carbonyl (C=O) groups is 2. The van der Waals surface area contributed by atoms with Gasteiger partial charge in [0.15, 0.2) is 0 Å². The maximum Gasteiger partial charge on any atom is 0.306 e. The third kappa shape index (κ3) is 49.9. The smallest absolute Gasteiger partial charge is 0.306 e. The van der Waals surface area contributed by atoms with Crippen molar-refractivity contribution in [1.82, 2.24) is 5.32 Å². The minimum atomic E-state index is -4.71. The van der Waals surface area contributed by atoms with Crippen LogP contribution in [0.4, 0.5) is 0 Å². The molecule has 0 aromatic carbocycles. The van der Waals surface area contributed by atoms with Gasteiger partial charge in [0.25, 0.3) is 7.82 Å². The highest BCUT2D eigenvalue weighted by Gasteiger charge is 2.27. The molecule has 0 spiro atoms. The maximum atomic E-state index is 13.5. The van der Waals surface area contributed by atoms with Crippen LogP contribution in [0.2, 0.25) is 0 Å². The Hall–Kier alpha value is -2.81. The molecule has 398 valence electrons. The lowest BCUT2D eigenvalue weighted by molar-refractivity contribution is -0.870. The molecule has 0 aliphatic carbocycles. The van der Waals surface area contributed by atoms with Crippen LogP contribution < -0.4 is 10.2 Å². The number of unbranched alkanes of at least 4 members (excludes halogenated alkanes) is 21. The van der Waals surface area contributed by atoms with E-state index in [0.29, 0.717) is 23.9 Å². The quantitative estimate of drug-likeness (QED) is 0.0212. The Morgan fingerprint density at radius 1 is 0.522 bits per heavy atom. The van der Waals surface area contributed by atoms with Gasteiger partial charge < -0.3 is 28.5 Å². The molecule has 0 heterocycles. The van der Waals surface area contributed by atoms with Gasteiger partial charge in [-0.15, -0.1) is 0 Å². The first-order valence-electron chi connectivity index (χ1n) is 27.9. The lowest BCUT2D eigenvalue weighted by Gasteiger charge is -2.30. The first-order chi connectivity index (χ1) is 33.4. The number of nitrogens with zero attached hydrogens (tertiary/aromatic N) is 1. The maximum absolute atomic E-state index is 13.5. The molecule has 69 heavy (non-hydrogen) atoms. The molecule has 0 aromatic heterocycles. The Morgan fingerprint density at radius 2 is 0.928 bits per heavy atom. The molecule has 1 N–H and O–H groups in total. The molecule has 3 unspecified atom stereocenters. The molecule has 0 rings (SSSR count). The van der Waals surface area contributed by atoms with Crippen molar-refractivity contribution in [3.8, 4) is 0 Å². The fourth-order valence-corrected chi connectivity index (χ4v) is 8.27. The van der Waals surface area contributed by atoms with Gasteiger partial charge in [0.1, 0.15) is 19.3 Å². The summed E-state index contributed by atoms with van der Waals surface area (Å²) in [4.78, 5) is 39.8. The van der Waals surface area contributed by atoms with Crippen LogP contribution in [0.5, 0.6) is 0 Å². The number of ether oxygens (including phenoxy) is 1. The molecular formula is C59H105N2O7P. The fraction of sp³-hybridized carbons (Fsp3) is 0.729. The van der Waals surface area contributed by atoms with Gasteiger partial charge in [0.2, 0.25) is 5.91 Å². The highest BCUT2D eigenvalue weighted by atomic mass is 31.2. The summed E-state index contributed by atoms with van der Waals surface area (Å²) in [6.45, 7) is 6.58. The SMILES string of the molecule is CC/C=C/C/C=C/C/C=C/C/C=C/CCCCCC(=O)NC(COP(=O)([O-])OCC[N+](C)(C)C)C(/C=C/CCCCCCCCCCCCC)OC(=O)CCCCCCCCC/C=C/C/C=C/CC. The van der Waals surface area contributed by atoms with Crippen molar-refractivity contribution in [2.45, 2.75) is 238 Å². The number of hydrogen-bond acceptors (Lipinski definition) is 7. The van der Waals surface area contributed by atoms with Crippen LogP contribution >= 0.6 is 7.82 Å². The topological polar surface area (TPSA) is 114 Å². The highest BCUT2D eigenvalue weighted by molar-refractivity contribution is 7.45. The molecular weight excluding hydrogens is 880 g/mol. The molecule has 3 atom stereocenters. The Morgan fingerprint density at radius 3 is 1.41 bits per heavy atom. The third-order valence-electron chi connectivity index (χ3n) is 11.8. The number of amides is 1. The van der Waals surface area contributed by atoms with Gasteiger partial charge in [-0.1, -0.05) is 202 Å². The van der Waals surface area contributed by atoms with Crippen molar-refractivity contribution >= 4 is 19.7 Å². The van der Waals surface area contributed by atoms with Crippen LogP contribution in [0.1, 0.15) is 226 Å². The zero-order valence-corrected chi connectivity index (χ0v) is 46.1. The molecule has 0 aliphatic heterocycles. The number of quaternary nitrogens is 1. The van der Waals surface area contributed by atoms with Crippen LogP contribution in [0.3, 0.4) is 0 Å². The molecule has 0 saturated heterocycles. The van der Waals surface area contributed by atoms with Crippen LogP contribution in [0.25, 0.3) is 0 Å². The molecule has 0 bridgehead atoms. The predicted molar refractivity (Wildman–Crippen MR) is 293 cm³/mol. The molecule has 1 amide bonds. The minimum absolute atomic E-state index is 0.0337. The lowest BCUT2D eigenvalue weighted by Crippen LogP contribution is -2.47. The summed E-state index contributed by atoms with van der Waals surface area (Å²) in [5.41, 5.74) is 0. The zero-order chi connectivity index (χ0) is 50.8. The van der Waals surface area contributed by atoms with Crippen molar-refractivity contribution in [3.63, 3.8) is 0 Å². The second-order valence-corrected chi connectivity index (χ2v) is 21.1. The van der Waals surface area contributed by atoms with E-state index in [9.17, 15) is 19.0 Å². The van der Waals surface area contributed by atoms with Crippen molar-refractivity contribution in [1.29, 1.82) is 0 Å². The van der Waals surface area contributed by atoms with Gasteiger partial charge >= 0.3 is 5.97 Å². The molecule has 0 radical (unpaired) electrons. The number of hydrogen-bond donors (Lipinski definition) is 1. The number of phosphoric ester groups is 1. The molecule has 0 saturated carbocycles. The molecule has 0 aliphatic rings. The second-order valence-electron chi connectivity index (χ2n) is 19.7. The number of nitrogens with one attached hydrogen (secondary N) is 1. The van der Waals surface area contributed by atoms with Crippen molar-refractivity contribution in [2.24, 2.45) is 0 Å². The first kappa shape index (κ1) is 66.2. The first-order valence-corrected chi connectivity index (χ1v) is 29.4. The van der Waals surface area contributed by atoms with E-state index < -0.39 is 26.6 Å². The van der Waals surface area contributed by atoms with Gasteiger partial charge in [0.05, 0.1) is 33.8 Å². The number of esters is 1. The lowest BCUT2D eigenvalue weighted by atomic mass is 10.0. The molecule has 0 aromatic rings. The van der Waals surface area contributed by atoms with Crippen LogP contribution in [0.15, 0.2) is 85.1 Å². The summed E-state index contributed by atoms with van der Waals surface area (Å²) in [5, 5.41) is 3.00. The molecule has 0 fully saturated rings. The van der Waals surface area contributed by atoms with E-state index in [1.54, 1.807) is 0 Å². The molecule has 10 heteroatoms. The number of carbonyl (C=O) groups excluding carboxylic acids is 2. The Kier molecular flexibility index (Phi) is 46.8. The summed E-state index contributed by atoms with van der Waals surface area (Å²) in [5.74, 6) is -0.592. The summed E-state index contributed by atoms with van der Waals surface area (Å²) in [6.07, 6.45) is 62.6. The summed E-state index contributed by atoms with van der Waals surface area (Å²) in [7, 11) is 1.15. The van der Waals surface area contributed by atoms with E-state index in [4.69, 9.17) is 13.8 Å². The van der Waals surface area contributed by atoms with Gasteiger partial charge in [-0.25, -0.2) is 0 Å². The van der Waals surface area contributed by atoms with Crippen LogP contribution in [-0.2, 0) is 27.9 Å². The van der Waals surface area contributed by atoms with Gasteiger partial charge in [-0.3, -0.25) is 14.2 Å². The van der Waals surface area contributed by atoms with Crippen molar-refractivity contribution in [2.75, 3.05) is 40.9 Å². The van der Waals surface area contributed by atoms with Gasteiger partial charge in [-0.05, 0) is 96.0 Å². The van der Waals surface area contributed by atoms with E-state index >= 15 is 0 Å². The number of rotatable bonds is 49. The minimum Gasteiger partial charge on any atom is -0.756 e. The van der Waals surface area contributed by atoms with Gasteiger partial charge in [-0.2, -0.15) is 0 Å². The average molecular weight is 985 g/mol. The van der Waals surface area contributed by atoms with E-state index in [2.05, 4.69) is 99.0 Å². The van der Waals surface area contributed by atoms with Crippen molar-refractivity contribution < 1.29 is 37.3 Å². The van der Waals surface area contributed by atoms with Gasteiger partial charge in [0, 0.05) is 12.8 Å². The van der Waals surface area contributed by atoms with Crippen LogP contribution in [0, 0.1) is 0 Å². The van der Waals surface area contributed by atoms with E-state index in [-0.39, 0.29) is 31.3 Å². The Labute approximate surface area is 425 Å². The summed E-state index contributed by atoms with van der Waals surface area (Å²) < 4.78 is 30.2. The van der Waals surface area contributed by atoms with E-state index in [0.717, 1.165) is 103 Å². The highest BCUT2D eigenvalue weighted by Crippen LogP contribution is 2.38. The third-order valence-corrected chi connectivity index (χ3v) is 12.8. The second kappa shape index (κ2) is 48.8. The van der Waals surface area contributed by atoms with Crippen molar-refractivity contribution in [3.05, 3.63) is 85.1 Å². The van der Waals surface area contributed by atoms with Crippen LogP contribution in [-0.4, -0.2) is 69.4 Å². The standard InChI is InChI=1S/C59H105N2O7P/c1-7-10-13-16-19-22-25-28-30-31-33-36-39-42-45-48-51-58(62)60-56(55-67-69(64,65)66-54-53-61(4,5)6)57(50-47-44-41-38-35-32-27-24-21-18-15-12-9-3)68-59(63)52-49-46-43-40-37-34-29-26-23-20-17-14-11-8-2/h10-11,13-14,19-20,22-23,28,30,33,36,47,50,56-57H,7-9,12,15-18,21,24-27,29,31-32,34-35,37-46,48-49,51-55H2,1-6H3,(H-,60,62,64,65)/b13-10+,14-11+,22-19+,23-20+,30-28+,36-33+,50-47+. The van der Waals surface area contributed by atoms with E-state index in [1.165, 1.54) is 77.0 Å².